The summed E-state index contributed by atoms with van der Waals surface area (Å²) in [6.45, 7) is 0.820. The van der Waals surface area contributed by atoms with Crippen LogP contribution in [0.1, 0.15) is 49.1 Å². The molecule has 0 unspecified atom stereocenters. The van der Waals surface area contributed by atoms with Gasteiger partial charge in [-0.1, -0.05) is 30.3 Å². The Balaban J connectivity index is 1.51. The Kier molecular flexibility index (Phi) is 7.84. The molecule has 0 spiro atoms. The van der Waals surface area contributed by atoms with Gasteiger partial charge in [-0.15, -0.1) is 0 Å². The van der Waals surface area contributed by atoms with Crippen LogP contribution in [0, 0.1) is 29.0 Å². The number of likely N-dealkylation sites (tertiary alicyclic amines) is 1. The van der Waals surface area contributed by atoms with Crippen LogP contribution in [0.15, 0.2) is 48.5 Å². The van der Waals surface area contributed by atoms with Gasteiger partial charge in [0, 0.05) is 30.6 Å². The number of carboxylic acid groups (broad SMARTS) is 1. The summed E-state index contributed by atoms with van der Waals surface area (Å²) in [5.74, 6) is -1.39. The first-order chi connectivity index (χ1) is 17.4. The van der Waals surface area contributed by atoms with Gasteiger partial charge in [-0.05, 0) is 61.8 Å². The normalized spacial score (nSPS) is 23.5. The fourth-order valence-corrected chi connectivity index (χ4v) is 5.39. The molecule has 0 radical (unpaired) electrons. The van der Waals surface area contributed by atoms with Gasteiger partial charge in [-0.25, -0.2) is 9.18 Å². The highest BCUT2D eigenvalue weighted by Gasteiger charge is 2.44. The SMILES string of the molecule is N#Cc1ccc(NC(=O)[C@H]2[C@@H](c3ccccc3)CCN2C(=O)C2CCC(CNC(=O)O)CC2)cc1F. The molecule has 36 heavy (non-hydrogen) atoms. The number of halogens is 1. The Morgan fingerprint density at radius 2 is 1.78 bits per heavy atom. The summed E-state index contributed by atoms with van der Waals surface area (Å²) in [7, 11) is 0. The molecule has 3 amide bonds. The van der Waals surface area contributed by atoms with Gasteiger partial charge in [0.2, 0.25) is 11.8 Å². The maximum atomic E-state index is 14.1. The molecule has 2 aliphatic rings. The van der Waals surface area contributed by atoms with Gasteiger partial charge in [0.1, 0.15) is 17.9 Å². The number of nitrogens with one attached hydrogen (secondary N) is 2. The van der Waals surface area contributed by atoms with Crippen molar-refractivity contribution in [3.8, 4) is 6.07 Å². The number of benzene rings is 2. The first-order valence-electron chi connectivity index (χ1n) is 12.2. The average Bonchev–Trinajstić information content (AvgIpc) is 3.33. The summed E-state index contributed by atoms with van der Waals surface area (Å²) in [5.41, 5.74) is 1.08. The van der Waals surface area contributed by atoms with Gasteiger partial charge in [-0.3, -0.25) is 9.59 Å². The van der Waals surface area contributed by atoms with Crippen LogP contribution in [0.2, 0.25) is 0 Å². The molecular formula is C27H29FN4O4. The van der Waals surface area contributed by atoms with E-state index in [0.29, 0.717) is 32.4 Å². The summed E-state index contributed by atoms with van der Waals surface area (Å²) in [4.78, 5) is 39.5. The zero-order chi connectivity index (χ0) is 25.7. The number of amides is 3. The number of anilines is 1. The lowest BCUT2D eigenvalue weighted by molar-refractivity contribution is -0.141. The number of carbonyl (C=O) groups excluding carboxylic acids is 2. The van der Waals surface area contributed by atoms with Crippen molar-refractivity contribution >= 4 is 23.6 Å². The molecule has 2 atom stereocenters. The number of rotatable bonds is 6. The number of nitriles is 1. The monoisotopic (exact) mass is 492 g/mol. The van der Waals surface area contributed by atoms with Crippen molar-refractivity contribution in [3.63, 3.8) is 0 Å². The molecule has 2 fully saturated rings. The number of carbonyl (C=O) groups is 3. The van der Waals surface area contributed by atoms with Crippen LogP contribution in [0.3, 0.4) is 0 Å². The van der Waals surface area contributed by atoms with Crippen molar-refractivity contribution in [2.24, 2.45) is 11.8 Å². The van der Waals surface area contributed by atoms with Crippen LogP contribution in [-0.2, 0) is 9.59 Å². The highest BCUT2D eigenvalue weighted by atomic mass is 19.1. The Bertz CT molecular complexity index is 1160. The summed E-state index contributed by atoms with van der Waals surface area (Å²) >= 11 is 0. The third kappa shape index (κ3) is 5.65. The smallest absolute Gasteiger partial charge is 0.404 e. The average molecular weight is 493 g/mol. The minimum absolute atomic E-state index is 0.0655. The molecule has 188 valence electrons. The van der Waals surface area contributed by atoms with E-state index in [1.807, 2.05) is 30.3 Å². The van der Waals surface area contributed by atoms with Crippen LogP contribution in [0.25, 0.3) is 0 Å². The first-order valence-corrected chi connectivity index (χ1v) is 12.2. The number of nitrogens with zero attached hydrogens (tertiary/aromatic N) is 2. The fourth-order valence-electron chi connectivity index (χ4n) is 5.39. The second-order valence-electron chi connectivity index (χ2n) is 9.48. The van der Waals surface area contributed by atoms with Gasteiger partial charge >= 0.3 is 6.09 Å². The van der Waals surface area contributed by atoms with E-state index in [4.69, 9.17) is 10.4 Å². The van der Waals surface area contributed by atoms with Crippen molar-refractivity contribution in [1.29, 1.82) is 5.26 Å². The van der Waals surface area contributed by atoms with E-state index in [2.05, 4.69) is 10.6 Å². The summed E-state index contributed by atoms with van der Waals surface area (Å²) in [5, 5.41) is 23.0. The molecule has 8 nitrogen and oxygen atoms in total. The van der Waals surface area contributed by atoms with Crippen LogP contribution < -0.4 is 10.6 Å². The summed E-state index contributed by atoms with van der Waals surface area (Å²) < 4.78 is 14.1. The third-order valence-corrected chi connectivity index (χ3v) is 7.27. The lowest BCUT2D eigenvalue weighted by atomic mass is 9.81. The zero-order valence-electron chi connectivity index (χ0n) is 19.8. The predicted octanol–water partition coefficient (Wildman–Crippen LogP) is 4.09. The molecule has 2 aromatic rings. The number of hydrogen-bond acceptors (Lipinski definition) is 4. The summed E-state index contributed by atoms with van der Waals surface area (Å²) in [6, 6.07) is 14.5. The van der Waals surface area contributed by atoms with E-state index < -0.39 is 23.9 Å². The van der Waals surface area contributed by atoms with Crippen LogP contribution in [0.5, 0.6) is 0 Å². The minimum Gasteiger partial charge on any atom is -0.465 e. The van der Waals surface area contributed by atoms with E-state index in [1.165, 1.54) is 12.1 Å². The molecular weight excluding hydrogens is 463 g/mol. The minimum atomic E-state index is -1.05. The van der Waals surface area contributed by atoms with E-state index in [1.54, 1.807) is 11.0 Å². The van der Waals surface area contributed by atoms with Crippen molar-refractivity contribution in [3.05, 3.63) is 65.5 Å². The third-order valence-electron chi connectivity index (χ3n) is 7.27. The molecule has 1 saturated carbocycles. The number of hydrogen-bond donors (Lipinski definition) is 3. The fraction of sp³-hybridized carbons (Fsp3) is 0.407. The maximum absolute atomic E-state index is 14.1. The molecule has 0 bridgehead atoms. The highest BCUT2D eigenvalue weighted by molar-refractivity contribution is 5.98. The van der Waals surface area contributed by atoms with E-state index in [9.17, 15) is 18.8 Å². The lowest BCUT2D eigenvalue weighted by Crippen LogP contribution is -2.48. The largest absolute Gasteiger partial charge is 0.465 e. The van der Waals surface area contributed by atoms with Crippen LogP contribution in [0.4, 0.5) is 14.9 Å². The Labute approximate surface area is 209 Å². The molecule has 1 aliphatic carbocycles. The Morgan fingerprint density at radius 1 is 1.06 bits per heavy atom. The second kappa shape index (κ2) is 11.2. The van der Waals surface area contributed by atoms with Gasteiger partial charge in [-0.2, -0.15) is 5.26 Å². The van der Waals surface area contributed by atoms with Crippen LogP contribution >= 0.6 is 0 Å². The van der Waals surface area contributed by atoms with Crippen molar-refractivity contribution in [1.82, 2.24) is 10.2 Å². The first kappa shape index (κ1) is 25.2. The second-order valence-corrected chi connectivity index (χ2v) is 9.48. The molecule has 1 saturated heterocycles. The molecule has 3 N–H and O–H groups in total. The quantitative estimate of drug-likeness (QED) is 0.561. The Morgan fingerprint density at radius 3 is 2.42 bits per heavy atom. The Hall–Kier alpha value is -3.93. The molecule has 1 aliphatic heterocycles. The summed E-state index contributed by atoms with van der Waals surface area (Å²) in [6.07, 6.45) is 2.36. The molecule has 9 heteroatoms. The van der Waals surface area contributed by atoms with E-state index in [0.717, 1.165) is 24.5 Å². The molecule has 4 rings (SSSR count). The molecule has 2 aromatic carbocycles. The van der Waals surface area contributed by atoms with Crippen LogP contribution in [-0.4, -0.2) is 47.0 Å². The van der Waals surface area contributed by atoms with E-state index >= 15 is 0 Å². The molecule has 0 aromatic heterocycles. The van der Waals surface area contributed by atoms with Gasteiger partial charge in [0.15, 0.2) is 0 Å². The predicted molar refractivity (Wildman–Crippen MR) is 131 cm³/mol. The topological polar surface area (TPSA) is 123 Å². The highest BCUT2D eigenvalue weighted by Crippen LogP contribution is 2.38. The van der Waals surface area contributed by atoms with Gasteiger partial charge < -0.3 is 20.6 Å². The van der Waals surface area contributed by atoms with Crippen molar-refractivity contribution < 1.29 is 23.9 Å². The maximum Gasteiger partial charge on any atom is 0.404 e. The van der Waals surface area contributed by atoms with Gasteiger partial charge in [0.05, 0.1) is 5.56 Å². The van der Waals surface area contributed by atoms with Crippen molar-refractivity contribution in [2.75, 3.05) is 18.4 Å². The molecule has 1 heterocycles. The standard InChI is InChI=1S/C27H29FN4O4/c28-23-14-21(11-10-20(23)15-29)31-25(33)24-22(18-4-2-1-3-5-18)12-13-32(24)26(34)19-8-6-17(7-9-19)16-30-27(35)36/h1-5,10-11,14,17,19,22,24,30H,6-9,12-13,16H2,(H,31,33)(H,35,36)/t17?,19?,22-,24-/m1/s1. The van der Waals surface area contributed by atoms with E-state index in [-0.39, 0.29) is 34.9 Å². The zero-order valence-corrected chi connectivity index (χ0v) is 19.8. The van der Waals surface area contributed by atoms with Crippen molar-refractivity contribution in [2.45, 2.75) is 44.1 Å². The van der Waals surface area contributed by atoms with Gasteiger partial charge in [0.25, 0.3) is 0 Å². The lowest BCUT2D eigenvalue weighted by Gasteiger charge is -2.33.